The molecule has 0 aliphatic heterocycles. The molecule has 0 aromatic heterocycles. The van der Waals surface area contributed by atoms with Crippen molar-refractivity contribution in [3.05, 3.63) is 0 Å². The van der Waals surface area contributed by atoms with Crippen molar-refractivity contribution in [2.75, 3.05) is 21.3 Å². The van der Waals surface area contributed by atoms with Crippen LogP contribution >= 0.6 is 0 Å². The number of aliphatic carboxylic acids is 1. The number of carboxylic acid groups (broad SMARTS) is 1. The molecule has 0 radical (unpaired) electrons. The summed E-state index contributed by atoms with van der Waals surface area (Å²) in [7, 11) is 4.28. The first-order valence-corrected chi connectivity index (χ1v) is 11.1. The molecular formula is C23H34O8. The number of esters is 3. The number of carbonyl (C=O) groups is 4. The van der Waals surface area contributed by atoms with E-state index in [2.05, 4.69) is 0 Å². The molecular weight excluding hydrogens is 404 g/mol. The zero-order valence-electron chi connectivity index (χ0n) is 18.8. The highest BCUT2D eigenvalue weighted by atomic mass is 16.5. The monoisotopic (exact) mass is 438 g/mol. The molecule has 0 amide bonds. The van der Waals surface area contributed by atoms with Crippen molar-refractivity contribution in [1.82, 2.24) is 0 Å². The molecule has 8 nitrogen and oxygen atoms in total. The van der Waals surface area contributed by atoms with Crippen LogP contribution in [0, 0.1) is 21.7 Å². The maximum absolute atomic E-state index is 11.7. The van der Waals surface area contributed by atoms with Gasteiger partial charge in [0.2, 0.25) is 0 Å². The van der Waals surface area contributed by atoms with E-state index in [1.54, 1.807) is 0 Å². The minimum absolute atomic E-state index is 0.106. The molecule has 4 bridgehead atoms. The van der Waals surface area contributed by atoms with Crippen LogP contribution in [0.2, 0.25) is 0 Å². The van der Waals surface area contributed by atoms with E-state index in [1.165, 1.54) is 21.3 Å². The van der Waals surface area contributed by atoms with Gasteiger partial charge in [-0.1, -0.05) is 0 Å². The largest absolute Gasteiger partial charge is 0.481 e. The lowest BCUT2D eigenvalue weighted by Crippen LogP contribution is -2.49. The third-order valence-electron chi connectivity index (χ3n) is 8.80. The van der Waals surface area contributed by atoms with E-state index in [0.29, 0.717) is 38.5 Å². The molecule has 0 atom stereocenters. The van der Waals surface area contributed by atoms with Crippen LogP contribution in [-0.2, 0) is 33.4 Å². The molecule has 0 spiro atoms. The molecule has 6 fully saturated rings. The van der Waals surface area contributed by atoms with Gasteiger partial charge in [-0.3, -0.25) is 19.2 Å². The number of carbonyl (C=O) groups excluding carboxylic acids is 3. The van der Waals surface area contributed by atoms with E-state index in [4.69, 9.17) is 14.2 Å². The van der Waals surface area contributed by atoms with E-state index >= 15 is 0 Å². The van der Waals surface area contributed by atoms with E-state index in [9.17, 15) is 24.3 Å². The van der Waals surface area contributed by atoms with Gasteiger partial charge in [0.15, 0.2) is 0 Å². The second-order valence-electron chi connectivity index (χ2n) is 9.90. The molecule has 6 aliphatic carbocycles. The van der Waals surface area contributed by atoms with E-state index in [0.717, 1.165) is 38.5 Å². The van der Waals surface area contributed by atoms with Gasteiger partial charge in [-0.05, 0) is 77.0 Å². The summed E-state index contributed by atoms with van der Waals surface area (Å²) < 4.78 is 14.6. The summed E-state index contributed by atoms with van der Waals surface area (Å²) in [5.74, 6) is -1.06. The van der Waals surface area contributed by atoms with E-state index in [1.807, 2.05) is 0 Å². The molecule has 1 N–H and O–H groups in total. The van der Waals surface area contributed by atoms with E-state index in [-0.39, 0.29) is 34.2 Å². The number of fused-ring (bicyclic) bond motifs is 6. The van der Waals surface area contributed by atoms with Crippen molar-refractivity contribution in [2.24, 2.45) is 21.7 Å². The summed E-state index contributed by atoms with van der Waals surface area (Å²) in [6.07, 6.45) is 8.44. The summed E-state index contributed by atoms with van der Waals surface area (Å²) in [5, 5.41) is 9.18. The molecule has 6 saturated carbocycles. The summed E-state index contributed by atoms with van der Waals surface area (Å²) in [4.78, 5) is 46.3. The smallest absolute Gasteiger partial charge is 0.311 e. The van der Waals surface area contributed by atoms with Gasteiger partial charge in [0, 0.05) is 0 Å². The van der Waals surface area contributed by atoms with Crippen molar-refractivity contribution in [1.29, 1.82) is 0 Å². The Kier molecular flexibility index (Phi) is 6.40. The number of hydrogen-bond donors (Lipinski definition) is 1. The Labute approximate surface area is 183 Å². The fourth-order valence-electron chi connectivity index (χ4n) is 6.26. The highest BCUT2D eigenvalue weighted by Gasteiger charge is 2.57. The Morgan fingerprint density at radius 3 is 0.839 bits per heavy atom. The van der Waals surface area contributed by atoms with Gasteiger partial charge in [-0.25, -0.2) is 0 Å². The third kappa shape index (κ3) is 3.82. The van der Waals surface area contributed by atoms with Crippen LogP contribution in [0.4, 0.5) is 0 Å². The number of methoxy groups -OCH3 is 3. The predicted molar refractivity (Wildman–Crippen MR) is 109 cm³/mol. The van der Waals surface area contributed by atoms with Crippen molar-refractivity contribution in [2.45, 2.75) is 77.0 Å². The predicted octanol–water partition coefficient (Wildman–Crippen LogP) is 3.26. The van der Waals surface area contributed by atoms with Crippen LogP contribution in [0.25, 0.3) is 0 Å². The first kappa shape index (κ1) is 23.5. The SMILES string of the molecule is COC(=O)C12CCC(C(=O)O)(CC1)CC2.COC(=O)C12CCC(C(=O)OC)(CC1)CC2. The Balaban J connectivity index is 0.000000176. The highest BCUT2D eigenvalue weighted by Crippen LogP contribution is 2.58. The zero-order valence-corrected chi connectivity index (χ0v) is 18.8. The summed E-state index contributed by atoms with van der Waals surface area (Å²) in [5.41, 5.74) is -1.54. The molecule has 0 aromatic carbocycles. The van der Waals surface area contributed by atoms with Gasteiger partial charge < -0.3 is 19.3 Å². The molecule has 0 unspecified atom stereocenters. The van der Waals surface area contributed by atoms with Crippen LogP contribution in [0.15, 0.2) is 0 Å². The lowest BCUT2D eigenvalue weighted by atomic mass is 9.53. The molecule has 174 valence electrons. The summed E-state index contributed by atoms with van der Waals surface area (Å²) in [6.45, 7) is 0. The van der Waals surface area contributed by atoms with Crippen LogP contribution in [0.1, 0.15) is 77.0 Å². The second kappa shape index (κ2) is 8.43. The lowest BCUT2D eigenvalue weighted by Gasteiger charge is -2.49. The molecule has 6 rings (SSSR count). The summed E-state index contributed by atoms with van der Waals surface area (Å²) in [6, 6.07) is 0. The van der Waals surface area contributed by atoms with Crippen molar-refractivity contribution in [3.63, 3.8) is 0 Å². The first-order chi connectivity index (χ1) is 14.6. The third-order valence-corrected chi connectivity index (χ3v) is 8.80. The Bertz CT molecular complexity index is 674. The van der Waals surface area contributed by atoms with Gasteiger partial charge in [-0.15, -0.1) is 0 Å². The van der Waals surface area contributed by atoms with Gasteiger partial charge in [-0.2, -0.15) is 0 Å². The molecule has 8 heteroatoms. The standard InChI is InChI=1S/C12H18O4.C11H16O4/c1-15-9(13)11-3-6-12(7-4-11,8-5-11)10(14)16-2;1-15-9(14)11-5-2-10(3-6-11,4-7-11)8(12)13/h3-8H2,1-2H3;2-7H2,1H3,(H,12,13). The van der Waals surface area contributed by atoms with Crippen molar-refractivity contribution < 1.29 is 38.5 Å². The van der Waals surface area contributed by atoms with E-state index < -0.39 is 11.4 Å². The quantitative estimate of drug-likeness (QED) is 0.525. The molecule has 0 saturated heterocycles. The average molecular weight is 439 g/mol. The van der Waals surface area contributed by atoms with Crippen LogP contribution < -0.4 is 0 Å². The summed E-state index contributed by atoms with van der Waals surface area (Å²) >= 11 is 0. The minimum Gasteiger partial charge on any atom is -0.481 e. The highest BCUT2D eigenvalue weighted by molar-refractivity contribution is 5.82. The molecule has 0 aromatic rings. The minimum atomic E-state index is -0.694. The molecule has 6 aliphatic rings. The zero-order chi connectivity index (χ0) is 22.9. The fraction of sp³-hybridized carbons (Fsp3) is 0.826. The lowest BCUT2D eigenvalue weighted by molar-refractivity contribution is -0.174. The van der Waals surface area contributed by atoms with Gasteiger partial charge in [0.05, 0.1) is 43.0 Å². The van der Waals surface area contributed by atoms with Crippen molar-refractivity contribution >= 4 is 23.9 Å². The maximum atomic E-state index is 11.7. The van der Waals surface area contributed by atoms with Crippen LogP contribution in [0.3, 0.4) is 0 Å². The number of hydrogen-bond acceptors (Lipinski definition) is 7. The topological polar surface area (TPSA) is 116 Å². The van der Waals surface area contributed by atoms with Crippen LogP contribution in [0.5, 0.6) is 0 Å². The Morgan fingerprint density at radius 1 is 0.484 bits per heavy atom. The van der Waals surface area contributed by atoms with Gasteiger partial charge >= 0.3 is 23.9 Å². The average Bonchev–Trinajstić information content (AvgIpc) is 2.84. The van der Waals surface area contributed by atoms with Crippen LogP contribution in [-0.4, -0.2) is 50.3 Å². The normalized spacial score (nSPS) is 37.8. The number of rotatable bonds is 4. The molecule has 0 heterocycles. The second-order valence-corrected chi connectivity index (χ2v) is 9.90. The number of ether oxygens (including phenoxy) is 3. The Hall–Kier alpha value is -2.12. The van der Waals surface area contributed by atoms with Gasteiger partial charge in [0.25, 0.3) is 0 Å². The van der Waals surface area contributed by atoms with Crippen molar-refractivity contribution in [3.8, 4) is 0 Å². The van der Waals surface area contributed by atoms with Gasteiger partial charge in [0.1, 0.15) is 0 Å². The first-order valence-electron chi connectivity index (χ1n) is 11.1. The fourth-order valence-corrected chi connectivity index (χ4v) is 6.26. The number of carboxylic acids is 1. The maximum Gasteiger partial charge on any atom is 0.311 e. The Morgan fingerprint density at radius 2 is 0.677 bits per heavy atom. The molecule has 31 heavy (non-hydrogen) atoms.